The van der Waals surface area contributed by atoms with Crippen LogP contribution >= 0.6 is 0 Å². The summed E-state index contributed by atoms with van der Waals surface area (Å²) in [4.78, 5) is 0. The first-order chi connectivity index (χ1) is 6.15. The number of aromatic nitrogens is 2. The highest BCUT2D eigenvalue weighted by Gasteiger charge is 2.12. The molecule has 0 aliphatic rings. The molecule has 0 spiro atoms. The van der Waals surface area contributed by atoms with Gasteiger partial charge in [-0.3, -0.25) is 0 Å². The Labute approximate surface area is 75.3 Å². The van der Waals surface area contributed by atoms with Crippen molar-refractivity contribution in [3.63, 3.8) is 0 Å². The number of hydrogen-bond acceptors (Lipinski definition) is 2. The van der Waals surface area contributed by atoms with Gasteiger partial charge in [-0.05, 0) is 13.3 Å². The van der Waals surface area contributed by atoms with Crippen LogP contribution in [0, 0.1) is 6.92 Å². The van der Waals surface area contributed by atoms with Crippen LogP contribution in [0.15, 0.2) is 6.20 Å². The molecule has 0 saturated carbocycles. The summed E-state index contributed by atoms with van der Waals surface area (Å²) >= 11 is 0. The molecule has 0 atom stereocenters. The summed E-state index contributed by atoms with van der Waals surface area (Å²) in [5, 5.41) is 3.92. The molecule has 0 radical (unpaired) electrons. The summed E-state index contributed by atoms with van der Waals surface area (Å²) in [5.41, 5.74) is 0.633. The molecule has 1 aromatic heterocycles. The Kier molecular flexibility index (Phi) is 3.22. The second-order valence-electron chi connectivity index (χ2n) is 2.73. The van der Waals surface area contributed by atoms with Crippen molar-refractivity contribution >= 4 is 0 Å². The minimum absolute atomic E-state index is 0.164. The predicted molar refractivity (Wildman–Crippen MR) is 43.9 cm³/mol. The fourth-order valence-electron chi connectivity index (χ4n) is 1.08. The smallest absolute Gasteiger partial charge is 0.388 e. The highest BCUT2D eigenvalue weighted by molar-refractivity contribution is 5.22. The SMILES string of the molecule is CCCn1ncc(C)c1OC(F)F. The van der Waals surface area contributed by atoms with Gasteiger partial charge in [-0.25, -0.2) is 4.68 Å². The molecule has 13 heavy (non-hydrogen) atoms. The molecule has 1 heterocycles. The second kappa shape index (κ2) is 4.20. The molecule has 5 heteroatoms. The van der Waals surface area contributed by atoms with Gasteiger partial charge in [-0.2, -0.15) is 13.9 Å². The van der Waals surface area contributed by atoms with Crippen LogP contribution in [0.2, 0.25) is 0 Å². The number of ether oxygens (including phenoxy) is 1. The highest BCUT2D eigenvalue weighted by Crippen LogP contribution is 2.19. The van der Waals surface area contributed by atoms with Crippen molar-refractivity contribution in [3.05, 3.63) is 11.8 Å². The Bertz CT molecular complexity index is 273. The summed E-state index contributed by atoms with van der Waals surface area (Å²) in [6, 6.07) is 0. The summed E-state index contributed by atoms with van der Waals surface area (Å²) in [7, 11) is 0. The van der Waals surface area contributed by atoms with E-state index in [-0.39, 0.29) is 5.88 Å². The molecule has 0 unspecified atom stereocenters. The third kappa shape index (κ3) is 2.40. The van der Waals surface area contributed by atoms with E-state index in [2.05, 4.69) is 9.84 Å². The maximum atomic E-state index is 11.9. The number of aryl methyl sites for hydroxylation is 2. The average Bonchev–Trinajstić information content (AvgIpc) is 2.36. The normalized spacial score (nSPS) is 10.8. The van der Waals surface area contributed by atoms with Gasteiger partial charge < -0.3 is 4.74 Å². The lowest BCUT2D eigenvalue weighted by atomic mass is 10.4. The van der Waals surface area contributed by atoms with E-state index in [0.29, 0.717) is 12.1 Å². The van der Waals surface area contributed by atoms with E-state index in [4.69, 9.17) is 0 Å². The van der Waals surface area contributed by atoms with E-state index in [0.717, 1.165) is 6.42 Å². The van der Waals surface area contributed by atoms with Gasteiger partial charge in [-0.15, -0.1) is 0 Å². The molecule has 1 aromatic rings. The average molecular weight is 190 g/mol. The van der Waals surface area contributed by atoms with Gasteiger partial charge in [0.05, 0.1) is 6.20 Å². The van der Waals surface area contributed by atoms with Crippen LogP contribution in [-0.4, -0.2) is 16.4 Å². The lowest BCUT2D eigenvalue weighted by Gasteiger charge is -2.07. The Morgan fingerprint density at radius 1 is 1.62 bits per heavy atom. The third-order valence-electron chi connectivity index (χ3n) is 1.60. The standard InChI is InChI=1S/C8H12F2N2O/c1-3-4-12-7(13-8(9)10)6(2)5-11-12/h5,8H,3-4H2,1-2H3. The summed E-state index contributed by atoms with van der Waals surface area (Å²) in [5.74, 6) is 0.164. The first-order valence-electron chi connectivity index (χ1n) is 4.12. The zero-order valence-electron chi connectivity index (χ0n) is 7.63. The molecule has 74 valence electrons. The van der Waals surface area contributed by atoms with Crippen LogP contribution in [0.3, 0.4) is 0 Å². The zero-order chi connectivity index (χ0) is 9.84. The Hall–Kier alpha value is -1.13. The Morgan fingerprint density at radius 2 is 2.31 bits per heavy atom. The van der Waals surface area contributed by atoms with E-state index in [1.807, 2.05) is 6.92 Å². The van der Waals surface area contributed by atoms with Crippen molar-refractivity contribution < 1.29 is 13.5 Å². The Morgan fingerprint density at radius 3 is 2.85 bits per heavy atom. The summed E-state index contributed by atoms with van der Waals surface area (Å²) < 4.78 is 29.7. The number of rotatable bonds is 4. The molecule has 0 aliphatic carbocycles. The van der Waals surface area contributed by atoms with Gasteiger partial charge in [-0.1, -0.05) is 6.92 Å². The van der Waals surface area contributed by atoms with E-state index in [1.165, 1.54) is 10.9 Å². The number of halogens is 2. The van der Waals surface area contributed by atoms with E-state index in [1.54, 1.807) is 6.92 Å². The first-order valence-corrected chi connectivity index (χ1v) is 4.12. The van der Waals surface area contributed by atoms with Gasteiger partial charge in [0.2, 0.25) is 5.88 Å². The van der Waals surface area contributed by atoms with Gasteiger partial charge in [0.25, 0.3) is 0 Å². The quantitative estimate of drug-likeness (QED) is 0.727. The zero-order valence-corrected chi connectivity index (χ0v) is 7.63. The minimum Gasteiger partial charge on any atom is -0.417 e. The molecule has 0 N–H and O–H groups in total. The van der Waals surface area contributed by atoms with Crippen LogP contribution in [0.5, 0.6) is 5.88 Å². The maximum absolute atomic E-state index is 11.9. The Balaban J connectivity index is 2.81. The summed E-state index contributed by atoms with van der Waals surface area (Å²) in [6.45, 7) is 1.45. The van der Waals surface area contributed by atoms with Gasteiger partial charge in [0.15, 0.2) is 0 Å². The molecular formula is C8H12F2N2O. The fourth-order valence-corrected chi connectivity index (χ4v) is 1.08. The second-order valence-corrected chi connectivity index (χ2v) is 2.73. The fraction of sp³-hybridized carbons (Fsp3) is 0.625. The van der Waals surface area contributed by atoms with E-state index in [9.17, 15) is 8.78 Å². The minimum atomic E-state index is -2.79. The number of hydrogen-bond donors (Lipinski definition) is 0. The van der Waals surface area contributed by atoms with Crippen molar-refractivity contribution in [2.45, 2.75) is 33.4 Å². The molecule has 3 nitrogen and oxygen atoms in total. The van der Waals surface area contributed by atoms with Crippen LogP contribution in [0.4, 0.5) is 8.78 Å². The largest absolute Gasteiger partial charge is 0.417 e. The predicted octanol–water partition coefficient (Wildman–Crippen LogP) is 2.20. The lowest BCUT2D eigenvalue weighted by Crippen LogP contribution is -2.09. The molecule has 1 rings (SSSR count). The van der Waals surface area contributed by atoms with Crippen molar-refractivity contribution in [1.82, 2.24) is 9.78 Å². The van der Waals surface area contributed by atoms with Crippen LogP contribution in [0.25, 0.3) is 0 Å². The van der Waals surface area contributed by atoms with Gasteiger partial charge in [0.1, 0.15) is 0 Å². The molecule has 0 saturated heterocycles. The van der Waals surface area contributed by atoms with Crippen LogP contribution in [0.1, 0.15) is 18.9 Å². The highest BCUT2D eigenvalue weighted by atomic mass is 19.3. The van der Waals surface area contributed by atoms with Gasteiger partial charge in [0, 0.05) is 12.1 Å². The molecule has 0 aromatic carbocycles. The molecule has 0 bridgehead atoms. The summed E-state index contributed by atoms with van der Waals surface area (Å²) in [6.07, 6.45) is 2.36. The van der Waals surface area contributed by atoms with Crippen molar-refractivity contribution in [1.29, 1.82) is 0 Å². The number of nitrogens with zero attached hydrogens (tertiary/aromatic N) is 2. The lowest BCUT2D eigenvalue weighted by molar-refractivity contribution is -0.0563. The maximum Gasteiger partial charge on any atom is 0.388 e. The number of alkyl halides is 2. The van der Waals surface area contributed by atoms with Crippen molar-refractivity contribution in [2.75, 3.05) is 0 Å². The molecule has 0 fully saturated rings. The topological polar surface area (TPSA) is 27.1 Å². The van der Waals surface area contributed by atoms with E-state index < -0.39 is 6.61 Å². The monoisotopic (exact) mass is 190 g/mol. The van der Waals surface area contributed by atoms with Gasteiger partial charge >= 0.3 is 6.61 Å². The van der Waals surface area contributed by atoms with Crippen LogP contribution < -0.4 is 4.74 Å². The molecular weight excluding hydrogens is 178 g/mol. The van der Waals surface area contributed by atoms with Crippen LogP contribution in [-0.2, 0) is 6.54 Å². The molecule has 0 amide bonds. The van der Waals surface area contributed by atoms with E-state index >= 15 is 0 Å². The van der Waals surface area contributed by atoms with Crippen molar-refractivity contribution in [3.8, 4) is 5.88 Å². The third-order valence-corrected chi connectivity index (χ3v) is 1.60. The first kappa shape index (κ1) is 9.95. The van der Waals surface area contributed by atoms with Crippen molar-refractivity contribution in [2.24, 2.45) is 0 Å². The molecule has 0 aliphatic heterocycles.